The molecule has 0 unspecified atom stereocenters. The van der Waals surface area contributed by atoms with E-state index in [1.807, 2.05) is 60.7 Å². The molecular weight excluding hydrogens is 405 g/mol. The fourth-order valence-electron chi connectivity index (χ4n) is 3.56. The highest BCUT2D eigenvalue weighted by Crippen LogP contribution is 2.24. The molecule has 160 valence electrons. The average molecular weight is 427 g/mol. The maximum atomic E-state index is 13.1. The van der Waals surface area contributed by atoms with Crippen LogP contribution in [-0.2, 0) is 11.3 Å². The highest BCUT2D eigenvalue weighted by Gasteiger charge is 2.22. The molecule has 0 saturated carbocycles. The van der Waals surface area contributed by atoms with Gasteiger partial charge in [-0.3, -0.25) is 14.2 Å². The SMILES string of the molecule is O=C(NCCn1cnc(-c2ccc(F)cc2)cc1=O)C(c1ccccc1)c1ccccc1. The Morgan fingerprint density at radius 3 is 2.06 bits per heavy atom. The van der Waals surface area contributed by atoms with Crippen molar-refractivity contribution in [2.24, 2.45) is 0 Å². The van der Waals surface area contributed by atoms with Crippen LogP contribution in [0, 0.1) is 5.82 Å². The van der Waals surface area contributed by atoms with Crippen LogP contribution in [0.4, 0.5) is 4.39 Å². The summed E-state index contributed by atoms with van der Waals surface area (Å²) in [5, 5.41) is 2.94. The normalized spacial score (nSPS) is 10.8. The second-order valence-electron chi connectivity index (χ2n) is 7.36. The minimum Gasteiger partial charge on any atom is -0.353 e. The van der Waals surface area contributed by atoms with Gasteiger partial charge in [-0.2, -0.15) is 0 Å². The molecule has 0 bridgehead atoms. The van der Waals surface area contributed by atoms with Gasteiger partial charge < -0.3 is 5.32 Å². The van der Waals surface area contributed by atoms with Crippen molar-refractivity contribution in [2.45, 2.75) is 12.5 Å². The molecule has 5 nitrogen and oxygen atoms in total. The van der Waals surface area contributed by atoms with Crippen molar-refractivity contribution in [3.05, 3.63) is 125 Å². The molecule has 32 heavy (non-hydrogen) atoms. The zero-order valence-corrected chi connectivity index (χ0v) is 17.3. The Hall–Kier alpha value is -4.06. The van der Waals surface area contributed by atoms with Gasteiger partial charge in [0.15, 0.2) is 0 Å². The molecule has 4 rings (SSSR count). The van der Waals surface area contributed by atoms with E-state index in [-0.39, 0.29) is 30.4 Å². The summed E-state index contributed by atoms with van der Waals surface area (Å²) in [5.41, 5.74) is 2.70. The highest BCUT2D eigenvalue weighted by atomic mass is 19.1. The Balaban J connectivity index is 1.44. The van der Waals surface area contributed by atoms with E-state index in [1.54, 1.807) is 12.1 Å². The summed E-state index contributed by atoms with van der Waals surface area (Å²) in [6, 6.07) is 26.4. The van der Waals surface area contributed by atoms with E-state index in [4.69, 9.17) is 0 Å². The first-order chi connectivity index (χ1) is 15.6. The van der Waals surface area contributed by atoms with Crippen molar-refractivity contribution in [3.8, 4) is 11.3 Å². The van der Waals surface area contributed by atoms with E-state index >= 15 is 0 Å². The number of rotatable bonds is 7. The molecule has 1 heterocycles. The average Bonchev–Trinajstić information content (AvgIpc) is 2.82. The van der Waals surface area contributed by atoms with Crippen molar-refractivity contribution in [3.63, 3.8) is 0 Å². The Morgan fingerprint density at radius 2 is 1.50 bits per heavy atom. The fraction of sp³-hybridized carbons (Fsp3) is 0.115. The molecule has 1 amide bonds. The largest absolute Gasteiger partial charge is 0.353 e. The van der Waals surface area contributed by atoms with E-state index in [0.29, 0.717) is 11.3 Å². The quantitative estimate of drug-likeness (QED) is 0.485. The molecule has 0 aliphatic carbocycles. The standard InChI is InChI=1S/C26H22FN3O2/c27-22-13-11-19(12-14-22)23-17-24(31)30(18-29-23)16-15-28-26(32)25(20-7-3-1-4-8-20)21-9-5-2-6-10-21/h1-14,17-18,25H,15-16H2,(H,28,32). The van der Waals surface area contributed by atoms with Crippen LogP contribution in [0.2, 0.25) is 0 Å². The van der Waals surface area contributed by atoms with Crippen molar-refractivity contribution in [1.82, 2.24) is 14.9 Å². The number of carbonyl (C=O) groups excluding carboxylic acids is 1. The molecule has 1 aromatic heterocycles. The van der Waals surface area contributed by atoms with E-state index < -0.39 is 5.92 Å². The number of halogens is 1. The molecule has 0 spiro atoms. The zero-order chi connectivity index (χ0) is 22.3. The second kappa shape index (κ2) is 9.83. The number of nitrogens with one attached hydrogen (secondary N) is 1. The fourth-order valence-corrected chi connectivity index (χ4v) is 3.56. The van der Waals surface area contributed by atoms with Crippen LogP contribution >= 0.6 is 0 Å². The smallest absolute Gasteiger partial charge is 0.253 e. The number of amides is 1. The summed E-state index contributed by atoms with van der Waals surface area (Å²) < 4.78 is 14.5. The predicted octanol–water partition coefficient (Wildman–Crippen LogP) is 4.00. The highest BCUT2D eigenvalue weighted by molar-refractivity contribution is 5.87. The van der Waals surface area contributed by atoms with Crippen LogP contribution in [0.1, 0.15) is 17.0 Å². The predicted molar refractivity (Wildman–Crippen MR) is 122 cm³/mol. The van der Waals surface area contributed by atoms with Crippen LogP contribution in [0.15, 0.2) is 102 Å². The summed E-state index contributed by atoms with van der Waals surface area (Å²) >= 11 is 0. The molecule has 0 saturated heterocycles. The maximum absolute atomic E-state index is 13.1. The van der Waals surface area contributed by atoms with Crippen molar-refractivity contribution < 1.29 is 9.18 Å². The lowest BCUT2D eigenvalue weighted by molar-refractivity contribution is -0.121. The number of benzene rings is 3. The third-order valence-corrected chi connectivity index (χ3v) is 5.20. The van der Waals surface area contributed by atoms with Gasteiger partial charge in [-0.1, -0.05) is 60.7 Å². The monoisotopic (exact) mass is 427 g/mol. The lowest BCUT2D eigenvalue weighted by Crippen LogP contribution is -2.34. The van der Waals surface area contributed by atoms with Crippen LogP contribution in [0.5, 0.6) is 0 Å². The number of carbonyl (C=O) groups is 1. The molecule has 4 aromatic rings. The van der Waals surface area contributed by atoms with Gasteiger partial charge in [0.1, 0.15) is 5.82 Å². The van der Waals surface area contributed by atoms with Gasteiger partial charge in [0.25, 0.3) is 5.56 Å². The maximum Gasteiger partial charge on any atom is 0.253 e. The summed E-state index contributed by atoms with van der Waals surface area (Å²) in [7, 11) is 0. The van der Waals surface area contributed by atoms with Crippen LogP contribution < -0.4 is 10.9 Å². The molecule has 0 aliphatic rings. The third-order valence-electron chi connectivity index (χ3n) is 5.20. The molecule has 3 aromatic carbocycles. The van der Waals surface area contributed by atoms with Gasteiger partial charge in [-0.05, 0) is 35.4 Å². The number of nitrogens with zero attached hydrogens (tertiary/aromatic N) is 2. The molecular formula is C26H22FN3O2. The minimum atomic E-state index is -0.437. The van der Waals surface area contributed by atoms with Crippen LogP contribution in [0.3, 0.4) is 0 Å². The zero-order valence-electron chi connectivity index (χ0n) is 17.3. The van der Waals surface area contributed by atoms with E-state index in [0.717, 1.165) is 11.1 Å². The molecule has 0 fully saturated rings. The van der Waals surface area contributed by atoms with Crippen molar-refractivity contribution in [1.29, 1.82) is 0 Å². The van der Waals surface area contributed by atoms with E-state index in [2.05, 4.69) is 10.3 Å². The van der Waals surface area contributed by atoms with Gasteiger partial charge >= 0.3 is 0 Å². The van der Waals surface area contributed by atoms with Gasteiger partial charge in [0, 0.05) is 24.7 Å². The van der Waals surface area contributed by atoms with Gasteiger partial charge in [-0.15, -0.1) is 0 Å². The summed E-state index contributed by atoms with van der Waals surface area (Å²) in [4.78, 5) is 29.8. The number of hydrogen-bond donors (Lipinski definition) is 1. The summed E-state index contributed by atoms with van der Waals surface area (Å²) in [5.74, 6) is -0.915. The van der Waals surface area contributed by atoms with E-state index in [9.17, 15) is 14.0 Å². The van der Waals surface area contributed by atoms with Gasteiger partial charge in [-0.25, -0.2) is 9.37 Å². The lowest BCUT2D eigenvalue weighted by atomic mass is 9.90. The molecule has 0 radical (unpaired) electrons. The second-order valence-corrected chi connectivity index (χ2v) is 7.36. The minimum absolute atomic E-state index is 0.133. The van der Waals surface area contributed by atoms with E-state index in [1.165, 1.54) is 29.1 Å². The lowest BCUT2D eigenvalue weighted by Gasteiger charge is -2.18. The number of aromatic nitrogens is 2. The topological polar surface area (TPSA) is 64.0 Å². The molecule has 0 atom stereocenters. The van der Waals surface area contributed by atoms with Crippen LogP contribution in [-0.4, -0.2) is 22.0 Å². The van der Waals surface area contributed by atoms with Crippen molar-refractivity contribution in [2.75, 3.05) is 6.54 Å². The Bertz CT molecular complexity index is 1200. The Morgan fingerprint density at radius 1 is 0.906 bits per heavy atom. The number of hydrogen-bond acceptors (Lipinski definition) is 3. The van der Waals surface area contributed by atoms with Gasteiger partial charge in [0.2, 0.25) is 5.91 Å². The molecule has 0 aliphatic heterocycles. The molecule has 1 N–H and O–H groups in total. The first-order valence-electron chi connectivity index (χ1n) is 10.3. The van der Waals surface area contributed by atoms with Crippen LogP contribution in [0.25, 0.3) is 11.3 Å². The third kappa shape index (κ3) is 4.98. The summed E-state index contributed by atoms with van der Waals surface area (Å²) in [6.07, 6.45) is 1.44. The Kier molecular flexibility index (Phi) is 6.51. The first kappa shape index (κ1) is 21.2. The van der Waals surface area contributed by atoms with Gasteiger partial charge in [0.05, 0.1) is 17.9 Å². The Labute approximate surface area is 185 Å². The molecule has 6 heteroatoms. The van der Waals surface area contributed by atoms with Crippen molar-refractivity contribution >= 4 is 5.91 Å². The summed E-state index contributed by atoms with van der Waals surface area (Å²) in [6.45, 7) is 0.573. The first-order valence-corrected chi connectivity index (χ1v) is 10.3.